The number of thioether (sulfide) groups is 1. The molecule has 0 saturated carbocycles. The summed E-state index contributed by atoms with van der Waals surface area (Å²) >= 11 is 2.11. The largest absolute Gasteiger partial charge is 0.334 e. The van der Waals surface area contributed by atoms with E-state index in [2.05, 4.69) is 268 Å². The molecule has 5 heteroatoms. The molecular formula is C64H70BN3S. The van der Waals surface area contributed by atoms with E-state index in [1.165, 1.54) is 90.5 Å². The van der Waals surface area contributed by atoms with Crippen molar-refractivity contribution >= 4 is 74.9 Å². The highest BCUT2D eigenvalue weighted by atomic mass is 32.2. The maximum absolute atomic E-state index is 2.82. The van der Waals surface area contributed by atoms with Crippen molar-refractivity contribution in [3.63, 3.8) is 0 Å². The maximum atomic E-state index is 2.82. The smallest absolute Gasteiger partial charge is 0.233 e. The van der Waals surface area contributed by atoms with Crippen LogP contribution in [0.3, 0.4) is 0 Å². The average molecular weight is 924 g/mol. The van der Waals surface area contributed by atoms with Gasteiger partial charge in [-0.15, -0.1) is 11.8 Å². The summed E-state index contributed by atoms with van der Waals surface area (Å²) in [7, 11) is 0. The fraction of sp³-hybridized carbons (Fsp3) is 0.344. The predicted molar refractivity (Wildman–Crippen MR) is 300 cm³/mol. The minimum absolute atomic E-state index is 0.00660. The van der Waals surface area contributed by atoms with Gasteiger partial charge in [-0.1, -0.05) is 169 Å². The van der Waals surface area contributed by atoms with Gasteiger partial charge in [-0.25, -0.2) is 0 Å². The van der Waals surface area contributed by atoms with Crippen LogP contribution < -0.4 is 25.6 Å². The number of nitrogens with zero attached hydrogens (tertiary/aromatic N) is 3. The van der Waals surface area contributed by atoms with E-state index >= 15 is 0 Å². The maximum Gasteiger partial charge on any atom is 0.233 e. The van der Waals surface area contributed by atoms with Gasteiger partial charge in [0.15, 0.2) is 0 Å². The van der Waals surface area contributed by atoms with Gasteiger partial charge in [0, 0.05) is 49.9 Å². The Morgan fingerprint density at radius 2 is 1.04 bits per heavy atom. The first kappa shape index (κ1) is 45.8. The summed E-state index contributed by atoms with van der Waals surface area (Å²) < 4.78 is 0. The Morgan fingerprint density at radius 1 is 0.507 bits per heavy atom. The lowest BCUT2D eigenvalue weighted by atomic mass is 9.33. The summed E-state index contributed by atoms with van der Waals surface area (Å²) in [5.74, 6) is 0. The fourth-order valence-electron chi connectivity index (χ4n) is 12.0. The number of para-hydroxylation sites is 2. The Morgan fingerprint density at radius 3 is 1.65 bits per heavy atom. The van der Waals surface area contributed by atoms with E-state index in [4.69, 9.17) is 0 Å². The van der Waals surface area contributed by atoms with Crippen molar-refractivity contribution in [3.8, 4) is 0 Å². The lowest BCUT2D eigenvalue weighted by Crippen LogP contribution is -2.62. The summed E-state index contributed by atoms with van der Waals surface area (Å²) in [5.41, 5.74) is 21.2. The first-order valence-electron chi connectivity index (χ1n) is 25.5. The topological polar surface area (TPSA) is 9.72 Å². The van der Waals surface area contributed by atoms with Crippen LogP contribution in [0.4, 0.5) is 45.5 Å². The highest BCUT2D eigenvalue weighted by Crippen LogP contribution is 2.59. The van der Waals surface area contributed by atoms with Gasteiger partial charge in [0.05, 0.1) is 11.7 Å². The van der Waals surface area contributed by atoms with Crippen LogP contribution in [0, 0.1) is 0 Å². The third-order valence-electron chi connectivity index (χ3n) is 16.2. The molecular weight excluding hydrogens is 854 g/mol. The molecule has 3 aliphatic heterocycles. The lowest BCUT2D eigenvalue weighted by molar-refractivity contribution is 0.332. The molecule has 350 valence electrons. The van der Waals surface area contributed by atoms with Gasteiger partial charge in [0.2, 0.25) is 6.71 Å². The van der Waals surface area contributed by atoms with Crippen LogP contribution in [0.5, 0.6) is 0 Å². The van der Waals surface area contributed by atoms with E-state index in [-0.39, 0.29) is 45.0 Å². The summed E-state index contributed by atoms with van der Waals surface area (Å²) in [5, 5.41) is 0.219. The molecule has 69 heavy (non-hydrogen) atoms. The van der Waals surface area contributed by atoms with Crippen molar-refractivity contribution in [1.82, 2.24) is 0 Å². The minimum Gasteiger partial charge on any atom is -0.334 e. The molecule has 3 heterocycles. The SMILES string of the molecule is CC(C)(C)c1ccc(N2c3cc(C(C)(C)C)ccc3B3c4c2cc(N(c2ccccc2)c2ccccc2)cc4N(c2ccc4c(c2)C(C)(C)CCC4(C)C)C2c4cc(C(C)(C)C)ccc4SC32)cc1. The molecule has 11 rings (SSSR count). The van der Waals surface area contributed by atoms with Gasteiger partial charge >= 0.3 is 0 Å². The van der Waals surface area contributed by atoms with Gasteiger partial charge in [-0.05, 0) is 157 Å². The van der Waals surface area contributed by atoms with Crippen molar-refractivity contribution in [2.24, 2.45) is 0 Å². The number of rotatable bonds is 5. The number of fused-ring (bicyclic) bond motifs is 7. The van der Waals surface area contributed by atoms with E-state index in [0.29, 0.717) is 0 Å². The van der Waals surface area contributed by atoms with Crippen LogP contribution in [0.1, 0.15) is 142 Å². The van der Waals surface area contributed by atoms with Crippen LogP contribution in [0.2, 0.25) is 0 Å². The number of anilines is 8. The molecule has 0 saturated heterocycles. The summed E-state index contributed by atoms with van der Waals surface area (Å²) in [6.07, 6.45) is 2.36. The zero-order chi connectivity index (χ0) is 48.6. The van der Waals surface area contributed by atoms with E-state index in [1.54, 1.807) is 0 Å². The van der Waals surface area contributed by atoms with Crippen LogP contribution in [0.15, 0.2) is 157 Å². The normalized spacial score (nSPS) is 18.8. The predicted octanol–water partition coefficient (Wildman–Crippen LogP) is 16.7. The van der Waals surface area contributed by atoms with Gasteiger partial charge < -0.3 is 14.7 Å². The molecule has 3 nitrogen and oxygen atoms in total. The van der Waals surface area contributed by atoms with Crippen LogP contribution in [-0.4, -0.2) is 11.9 Å². The first-order chi connectivity index (χ1) is 32.6. The summed E-state index contributed by atoms with van der Waals surface area (Å²) in [4.78, 5) is 9.33. The molecule has 0 N–H and O–H groups in total. The molecule has 0 aromatic heterocycles. The van der Waals surface area contributed by atoms with Gasteiger partial charge in [0.1, 0.15) is 0 Å². The molecule has 0 radical (unpaired) electrons. The Labute approximate surface area is 418 Å². The average Bonchev–Trinajstić information content (AvgIpc) is 3.69. The molecule has 0 spiro atoms. The standard InChI is InChI=1S/C64H70BN3S/c1-60(2,3)41-24-28-46(29-25-41)67-53-37-43(62(7,8)9)26-32-52(53)65-57-54(67)39-48(66(44-20-16-14-17-21-44)45-22-18-15-19-23-45)40-55(57)68(47-30-31-50-51(38-47)64(12,13)35-34-63(50,10)11)58-49-36-42(61(4,5)6)27-33-56(49)69-59(58)65/h14-33,36-40,58-59H,34-35H2,1-13H3. The first-order valence-corrected chi connectivity index (χ1v) is 26.4. The van der Waals surface area contributed by atoms with Crippen molar-refractivity contribution in [2.75, 3.05) is 14.7 Å². The number of benzene rings is 7. The highest BCUT2D eigenvalue weighted by Gasteiger charge is 2.55. The fourth-order valence-corrected chi connectivity index (χ4v) is 13.5. The van der Waals surface area contributed by atoms with E-state index in [9.17, 15) is 0 Å². The van der Waals surface area contributed by atoms with Crippen molar-refractivity contribution in [2.45, 2.75) is 146 Å². The Kier molecular flexibility index (Phi) is 10.6. The van der Waals surface area contributed by atoms with Crippen LogP contribution in [0.25, 0.3) is 0 Å². The Bertz CT molecular complexity index is 3070. The molecule has 0 amide bonds. The van der Waals surface area contributed by atoms with Crippen molar-refractivity contribution in [1.29, 1.82) is 0 Å². The number of hydrogen-bond acceptors (Lipinski definition) is 4. The van der Waals surface area contributed by atoms with Crippen LogP contribution in [-0.2, 0) is 27.1 Å². The minimum atomic E-state index is -0.0378. The zero-order valence-electron chi connectivity index (χ0n) is 43.3. The van der Waals surface area contributed by atoms with Gasteiger partial charge in [-0.2, -0.15) is 0 Å². The molecule has 1 aliphatic carbocycles. The monoisotopic (exact) mass is 924 g/mol. The second-order valence-corrected chi connectivity index (χ2v) is 26.2. The van der Waals surface area contributed by atoms with Crippen molar-refractivity contribution < 1.29 is 0 Å². The summed E-state index contributed by atoms with van der Waals surface area (Å²) in [6, 6.07) is 59.1. The third kappa shape index (κ3) is 7.65. The zero-order valence-corrected chi connectivity index (χ0v) is 44.1. The third-order valence-corrected chi connectivity index (χ3v) is 17.6. The van der Waals surface area contributed by atoms with Crippen molar-refractivity contribution in [3.05, 3.63) is 185 Å². The van der Waals surface area contributed by atoms with E-state index in [0.717, 1.165) is 17.1 Å². The summed E-state index contributed by atoms with van der Waals surface area (Å²) in [6.45, 7) is 31.1. The molecule has 0 fully saturated rings. The molecule has 4 aliphatic rings. The quantitative estimate of drug-likeness (QED) is 0.159. The van der Waals surface area contributed by atoms with Gasteiger partial charge in [-0.3, -0.25) is 0 Å². The lowest BCUT2D eigenvalue weighted by Gasteiger charge is -2.50. The second kappa shape index (κ2) is 15.9. The molecule has 7 aromatic rings. The number of hydrogen-bond donors (Lipinski definition) is 0. The second-order valence-electron chi connectivity index (χ2n) is 24.9. The Hall–Kier alpha value is -5.65. The Balaban J connectivity index is 1.28. The highest BCUT2D eigenvalue weighted by molar-refractivity contribution is 8.02. The van der Waals surface area contributed by atoms with E-state index in [1.807, 2.05) is 0 Å². The van der Waals surface area contributed by atoms with E-state index < -0.39 is 0 Å². The van der Waals surface area contributed by atoms with Crippen LogP contribution >= 0.6 is 11.8 Å². The molecule has 2 unspecified atom stereocenters. The van der Waals surface area contributed by atoms with Gasteiger partial charge in [0.25, 0.3) is 0 Å². The molecule has 0 bridgehead atoms. The molecule has 2 atom stereocenters. The molecule has 7 aromatic carbocycles.